The fourth-order valence-corrected chi connectivity index (χ4v) is 2.42. The summed E-state index contributed by atoms with van der Waals surface area (Å²) in [6.45, 7) is 0. The molecule has 0 unspecified atom stereocenters. The van der Waals surface area contributed by atoms with Crippen molar-refractivity contribution in [1.29, 1.82) is 0 Å². The molecule has 1 aliphatic carbocycles. The van der Waals surface area contributed by atoms with E-state index < -0.39 is 12.3 Å². The molecule has 1 amide bonds. The first-order valence-electron chi connectivity index (χ1n) is 5.95. The van der Waals surface area contributed by atoms with E-state index in [2.05, 4.69) is 5.32 Å². The van der Waals surface area contributed by atoms with Crippen LogP contribution in [0.15, 0.2) is 42.5 Å². The quantitative estimate of drug-likeness (QED) is 0.750. The van der Waals surface area contributed by atoms with Crippen LogP contribution in [0.4, 0.5) is 14.5 Å². The molecule has 0 spiro atoms. The van der Waals surface area contributed by atoms with Crippen LogP contribution in [-0.2, 0) is 11.2 Å². The van der Waals surface area contributed by atoms with Gasteiger partial charge in [0.2, 0.25) is 0 Å². The number of fused-ring (bicyclic) bond motifs is 3. The van der Waals surface area contributed by atoms with Gasteiger partial charge >= 0.3 is 6.43 Å². The molecule has 1 aliphatic rings. The molecular formula is C15H11F2NO. The highest BCUT2D eigenvalue weighted by Gasteiger charge is 2.19. The number of amides is 1. The Kier molecular flexibility index (Phi) is 2.78. The van der Waals surface area contributed by atoms with Crippen LogP contribution >= 0.6 is 0 Å². The summed E-state index contributed by atoms with van der Waals surface area (Å²) in [6, 6.07) is 13.3. The summed E-state index contributed by atoms with van der Waals surface area (Å²) >= 11 is 0. The van der Waals surface area contributed by atoms with Crippen LogP contribution in [0.5, 0.6) is 0 Å². The van der Waals surface area contributed by atoms with Gasteiger partial charge in [0.1, 0.15) is 0 Å². The molecular weight excluding hydrogens is 248 g/mol. The van der Waals surface area contributed by atoms with E-state index in [1.165, 1.54) is 11.1 Å². The second-order valence-electron chi connectivity index (χ2n) is 4.50. The Bertz CT molecular complexity index is 652. The van der Waals surface area contributed by atoms with Gasteiger partial charge in [-0.15, -0.1) is 0 Å². The monoisotopic (exact) mass is 259 g/mol. The summed E-state index contributed by atoms with van der Waals surface area (Å²) in [5, 5.41) is 2.21. The first-order chi connectivity index (χ1) is 9.15. The number of hydrogen-bond acceptors (Lipinski definition) is 1. The molecule has 2 nitrogen and oxygen atoms in total. The lowest BCUT2D eigenvalue weighted by molar-refractivity contribution is -0.126. The number of halogens is 2. The van der Waals surface area contributed by atoms with Crippen molar-refractivity contribution in [2.45, 2.75) is 12.8 Å². The second-order valence-corrected chi connectivity index (χ2v) is 4.50. The molecule has 1 N–H and O–H groups in total. The first kappa shape index (κ1) is 11.8. The zero-order valence-corrected chi connectivity index (χ0v) is 9.99. The number of nitrogens with one attached hydrogen (secondary N) is 1. The largest absolute Gasteiger partial charge is 0.321 e. The van der Waals surface area contributed by atoms with Crippen LogP contribution < -0.4 is 5.32 Å². The van der Waals surface area contributed by atoms with Crippen molar-refractivity contribution in [3.63, 3.8) is 0 Å². The summed E-state index contributed by atoms with van der Waals surface area (Å²) in [6.07, 6.45) is -2.23. The van der Waals surface area contributed by atoms with Crippen molar-refractivity contribution in [3.8, 4) is 11.1 Å². The predicted octanol–water partition coefficient (Wildman–Crippen LogP) is 3.46. The van der Waals surface area contributed by atoms with Gasteiger partial charge in [-0.2, -0.15) is 8.78 Å². The van der Waals surface area contributed by atoms with Crippen molar-refractivity contribution in [3.05, 3.63) is 53.6 Å². The molecule has 3 rings (SSSR count). The summed E-state index contributed by atoms with van der Waals surface area (Å²) in [7, 11) is 0. The lowest BCUT2D eigenvalue weighted by Gasteiger charge is -2.07. The number of benzene rings is 2. The van der Waals surface area contributed by atoms with E-state index in [9.17, 15) is 13.6 Å². The van der Waals surface area contributed by atoms with Gasteiger partial charge in [0.05, 0.1) is 0 Å². The van der Waals surface area contributed by atoms with Crippen molar-refractivity contribution in [1.82, 2.24) is 0 Å². The fourth-order valence-electron chi connectivity index (χ4n) is 2.42. The van der Waals surface area contributed by atoms with Crippen molar-refractivity contribution >= 4 is 11.6 Å². The second kappa shape index (κ2) is 4.46. The Morgan fingerprint density at radius 1 is 1.05 bits per heavy atom. The van der Waals surface area contributed by atoms with E-state index in [0.717, 1.165) is 17.5 Å². The SMILES string of the molecule is O=C(Nc1ccc2c(c1)Cc1ccccc1-2)C(F)F. The molecule has 0 atom stereocenters. The molecule has 2 aromatic rings. The lowest BCUT2D eigenvalue weighted by atomic mass is 10.1. The van der Waals surface area contributed by atoms with E-state index in [0.29, 0.717) is 5.69 Å². The minimum absolute atomic E-state index is 0.414. The Morgan fingerprint density at radius 2 is 1.79 bits per heavy atom. The third-order valence-electron chi connectivity index (χ3n) is 3.26. The van der Waals surface area contributed by atoms with Crippen LogP contribution in [0.25, 0.3) is 11.1 Å². The third-order valence-corrected chi connectivity index (χ3v) is 3.26. The zero-order valence-electron chi connectivity index (χ0n) is 9.99. The van der Waals surface area contributed by atoms with Gasteiger partial charge in [0, 0.05) is 5.69 Å². The number of alkyl halides is 2. The molecule has 4 heteroatoms. The smallest absolute Gasteiger partial charge is 0.315 e. The minimum Gasteiger partial charge on any atom is -0.321 e. The number of rotatable bonds is 2. The van der Waals surface area contributed by atoms with E-state index in [1.54, 1.807) is 12.1 Å². The number of carbonyl (C=O) groups is 1. The van der Waals surface area contributed by atoms with Gasteiger partial charge in [0.15, 0.2) is 0 Å². The standard InChI is InChI=1S/C15H11F2NO/c16-14(17)15(19)18-11-5-6-13-10(8-11)7-9-3-1-2-4-12(9)13/h1-6,8,14H,7H2,(H,18,19). The van der Waals surface area contributed by atoms with Crippen molar-refractivity contribution in [2.75, 3.05) is 5.32 Å². The van der Waals surface area contributed by atoms with Gasteiger partial charge in [-0.05, 0) is 40.8 Å². The molecule has 0 fully saturated rings. The Morgan fingerprint density at radius 3 is 2.58 bits per heavy atom. The summed E-state index contributed by atoms with van der Waals surface area (Å²) in [4.78, 5) is 11.0. The predicted molar refractivity (Wildman–Crippen MR) is 69.3 cm³/mol. The summed E-state index contributed by atoms with van der Waals surface area (Å²) in [5.74, 6) is -1.27. The van der Waals surface area contributed by atoms with Crippen molar-refractivity contribution < 1.29 is 13.6 Å². The summed E-state index contributed by atoms with van der Waals surface area (Å²) < 4.78 is 24.4. The highest BCUT2D eigenvalue weighted by Crippen LogP contribution is 2.37. The Labute approximate surface area is 109 Å². The van der Waals surface area contributed by atoms with Crippen molar-refractivity contribution in [2.24, 2.45) is 0 Å². The normalized spacial score (nSPS) is 12.2. The van der Waals surface area contributed by atoms with Gasteiger partial charge in [-0.1, -0.05) is 30.3 Å². The van der Waals surface area contributed by atoms with Crippen LogP contribution in [-0.4, -0.2) is 12.3 Å². The maximum absolute atomic E-state index is 12.2. The molecule has 19 heavy (non-hydrogen) atoms. The molecule has 0 bridgehead atoms. The van der Waals surface area contributed by atoms with E-state index in [-0.39, 0.29) is 0 Å². The molecule has 0 aromatic heterocycles. The summed E-state index contributed by atoms with van der Waals surface area (Å²) in [5.41, 5.74) is 4.95. The average molecular weight is 259 g/mol. The highest BCUT2D eigenvalue weighted by molar-refractivity contribution is 5.93. The molecule has 96 valence electrons. The molecule has 0 heterocycles. The van der Waals surface area contributed by atoms with Gasteiger partial charge in [0.25, 0.3) is 5.91 Å². The molecule has 0 aliphatic heterocycles. The molecule has 2 aromatic carbocycles. The number of hydrogen-bond donors (Lipinski definition) is 1. The van der Waals surface area contributed by atoms with E-state index >= 15 is 0 Å². The molecule has 0 saturated heterocycles. The van der Waals surface area contributed by atoms with Crippen LogP contribution in [0.3, 0.4) is 0 Å². The minimum atomic E-state index is -2.99. The maximum atomic E-state index is 12.2. The van der Waals surface area contributed by atoms with Crippen LogP contribution in [0.2, 0.25) is 0 Å². The first-order valence-corrected chi connectivity index (χ1v) is 5.95. The van der Waals surface area contributed by atoms with E-state index in [4.69, 9.17) is 0 Å². The van der Waals surface area contributed by atoms with Gasteiger partial charge in [-0.25, -0.2) is 0 Å². The Hall–Kier alpha value is -2.23. The molecule has 0 saturated carbocycles. The van der Waals surface area contributed by atoms with Crippen LogP contribution in [0, 0.1) is 0 Å². The Balaban J connectivity index is 1.91. The fraction of sp³-hybridized carbons (Fsp3) is 0.133. The number of anilines is 1. The van der Waals surface area contributed by atoms with Gasteiger partial charge < -0.3 is 5.32 Å². The average Bonchev–Trinajstić information content (AvgIpc) is 2.76. The van der Waals surface area contributed by atoms with Crippen LogP contribution in [0.1, 0.15) is 11.1 Å². The van der Waals surface area contributed by atoms with E-state index in [1.807, 2.05) is 30.3 Å². The molecule has 0 radical (unpaired) electrons. The topological polar surface area (TPSA) is 29.1 Å². The zero-order chi connectivity index (χ0) is 13.4. The highest BCUT2D eigenvalue weighted by atomic mass is 19.3. The lowest BCUT2D eigenvalue weighted by Crippen LogP contribution is -2.20. The maximum Gasteiger partial charge on any atom is 0.315 e. The van der Waals surface area contributed by atoms with Gasteiger partial charge in [-0.3, -0.25) is 4.79 Å². The third kappa shape index (κ3) is 2.10. The number of carbonyl (C=O) groups excluding carboxylic acids is 1.